The van der Waals surface area contributed by atoms with Crippen LogP contribution in [-0.4, -0.2) is 11.7 Å². The fourth-order valence-electron chi connectivity index (χ4n) is 3.92. The highest BCUT2D eigenvalue weighted by atomic mass is 16.6. The molecule has 0 saturated carbocycles. The molecule has 0 bridgehead atoms. The summed E-state index contributed by atoms with van der Waals surface area (Å²) in [4.78, 5) is 5.05. The molecule has 4 heteroatoms. The zero-order chi connectivity index (χ0) is 18.9. The normalized spacial score (nSPS) is 13.2. The molecular weight excluding hydrogens is 348 g/mol. The van der Waals surface area contributed by atoms with Gasteiger partial charge >= 0.3 is 0 Å². The molecule has 0 unspecified atom stereocenters. The van der Waals surface area contributed by atoms with Crippen molar-refractivity contribution in [1.82, 2.24) is 4.57 Å². The number of fused-ring (bicyclic) bond motifs is 6. The van der Waals surface area contributed by atoms with E-state index in [-0.39, 0.29) is 0 Å². The van der Waals surface area contributed by atoms with Gasteiger partial charge in [-0.15, -0.1) is 0 Å². The lowest BCUT2D eigenvalue weighted by Crippen LogP contribution is -2.13. The number of aromatic nitrogens is 1. The highest BCUT2D eigenvalue weighted by Gasteiger charge is 2.22. The SMILES string of the molecule is CON=c1cc(OCc2ccccc2)c2c3ccccc3c3n(c-2c1)CC=C3. The lowest BCUT2D eigenvalue weighted by molar-refractivity contribution is 0.200. The predicted octanol–water partition coefficient (Wildman–Crippen LogP) is 4.81. The van der Waals surface area contributed by atoms with Crippen molar-refractivity contribution in [3.05, 3.63) is 89.4 Å². The maximum atomic E-state index is 6.31. The first kappa shape index (κ1) is 16.6. The van der Waals surface area contributed by atoms with Crippen LogP contribution in [0.4, 0.5) is 0 Å². The molecule has 0 N–H and O–H groups in total. The number of rotatable bonds is 4. The summed E-state index contributed by atoms with van der Waals surface area (Å²) in [5.74, 6) is 0.815. The van der Waals surface area contributed by atoms with E-state index in [0.29, 0.717) is 6.61 Å². The number of benzene rings is 3. The molecule has 4 nitrogen and oxygen atoms in total. The van der Waals surface area contributed by atoms with E-state index < -0.39 is 0 Å². The third-order valence-electron chi connectivity index (χ3n) is 5.12. The van der Waals surface area contributed by atoms with Crippen LogP contribution >= 0.6 is 0 Å². The molecule has 0 amide bonds. The molecular formula is C24H20N2O2. The first-order valence-corrected chi connectivity index (χ1v) is 9.35. The van der Waals surface area contributed by atoms with Crippen molar-refractivity contribution in [3.8, 4) is 17.0 Å². The molecule has 3 aliphatic rings. The molecule has 2 heterocycles. The smallest absolute Gasteiger partial charge is 0.132 e. The van der Waals surface area contributed by atoms with E-state index in [0.717, 1.165) is 34.5 Å². The minimum Gasteiger partial charge on any atom is -0.488 e. The third-order valence-corrected chi connectivity index (χ3v) is 5.12. The molecule has 0 spiro atoms. The summed E-state index contributed by atoms with van der Waals surface area (Å²) in [6.45, 7) is 1.34. The van der Waals surface area contributed by atoms with E-state index in [1.54, 1.807) is 7.11 Å². The molecule has 2 aromatic rings. The topological polar surface area (TPSA) is 35.8 Å². The van der Waals surface area contributed by atoms with Crippen molar-refractivity contribution in [3.63, 3.8) is 0 Å². The van der Waals surface area contributed by atoms with Crippen LogP contribution in [0.2, 0.25) is 0 Å². The average molecular weight is 368 g/mol. The van der Waals surface area contributed by atoms with E-state index in [1.165, 1.54) is 16.5 Å². The van der Waals surface area contributed by atoms with Gasteiger partial charge in [0.2, 0.25) is 0 Å². The number of ether oxygens (including phenoxy) is 1. The summed E-state index contributed by atoms with van der Waals surface area (Å²) < 4.78 is 8.62. The Hall–Kier alpha value is -3.53. The Labute approximate surface area is 163 Å². The largest absolute Gasteiger partial charge is 0.488 e. The average Bonchev–Trinajstić information content (AvgIpc) is 3.23. The van der Waals surface area contributed by atoms with E-state index in [9.17, 15) is 0 Å². The Morgan fingerprint density at radius 1 is 0.964 bits per heavy atom. The van der Waals surface area contributed by atoms with Gasteiger partial charge in [-0.3, -0.25) is 0 Å². The zero-order valence-corrected chi connectivity index (χ0v) is 15.6. The van der Waals surface area contributed by atoms with Crippen LogP contribution in [0.5, 0.6) is 5.75 Å². The van der Waals surface area contributed by atoms with Crippen LogP contribution in [-0.2, 0) is 18.0 Å². The summed E-state index contributed by atoms with van der Waals surface area (Å²) >= 11 is 0. The zero-order valence-electron chi connectivity index (χ0n) is 15.6. The van der Waals surface area contributed by atoms with Gasteiger partial charge in [0, 0.05) is 29.3 Å². The summed E-state index contributed by atoms with van der Waals surface area (Å²) in [5.41, 5.74) is 4.55. The van der Waals surface area contributed by atoms with Crippen molar-refractivity contribution in [2.75, 3.05) is 7.11 Å². The summed E-state index contributed by atoms with van der Waals surface area (Å²) in [6, 6.07) is 22.7. The van der Waals surface area contributed by atoms with E-state index in [1.807, 2.05) is 24.3 Å². The Balaban J connectivity index is 1.76. The van der Waals surface area contributed by atoms with Crippen molar-refractivity contribution < 1.29 is 9.57 Å². The van der Waals surface area contributed by atoms with Crippen molar-refractivity contribution in [1.29, 1.82) is 0 Å². The van der Waals surface area contributed by atoms with Crippen molar-refractivity contribution >= 4 is 16.8 Å². The van der Waals surface area contributed by atoms with Gasteiger partial charge in [-0.25, -0.2) is 0 Å². The Morgan fingerprint density at radius 2 is 1.75 bits per heavy atom. The van der Waals surface area contributed by atoms with Gasteiger partial charge in [-0.2, -0.15) is 0 Å². The van der Waals surface area contributed by atoms with Gasteiger partial charge in [-0.05, 0) is 23.1 Å². The van der Waals surface area contributed by atoms with Gasteiger partial charge < -0.3 is 14.1 Å². The molecule has 0 atom stereocenters. The Bertz CT molecular complexity index is 1220. The van der Waals surface area contributed by atoms with Gasteiger partial charge in [0.25, 0.3) is 0 Å². The van der Waals surface area contributed by atoms with Gasteiger partial charge in [0.1, 0.15) is 24.8 Å². The minimum absolute atomic E-state index is 0.501. The lowest BCUT2D eigenvalue weighted by atomic mass is 9.97. The summed E-state index contributed by atoms with van der Waals surface area (Å²) in [6.07, 6.45) is 4.37. The number of nitrogens with zero attached hydrogens (tertiary/aromatic N) is 2. The molecule has 0 fully saturated rings. The minimum atomic E-state index is 0.501. The molecule has 0 saturated heterocycles. The molecule has 2 aliphatic heterocycles. The molecule has 138 valence electrons. The Kier molecular flexibility index (Phi) is 4.09. The second-order valence-electron chi connectivity index (χ2n) is 6.83. The van der Waals surface area contributed by atoms with Crippen molar-refractivity contribution in [2.24, 2.45) is 5.16 Å². The number of allylic oxidation sites excluding steroid dienone is 1. The second-order valence-corrected chi connectivity index (χ2v) is 6.83. The molecule has 5 rings (SSSR count). The van der Waals surface area contributed by atoms with Crippen molar-refractivity contribution in [2.45, 2.75) is 13.2 Å². The van der Waals surface area contributed by atoms with Crippen LogP contribution in [0.1, 0.15) is 11.3 Å². The molecule has 1 aliphatic carbocycles. The number of pyridine rings is 1. The quantitative estimate of drug-likeness (QED) is 0.383. The summed E-state index contributed by atoms with van der Waals surface area (Å²) in [5, 5.41) is 7.32. The van der Waals surface area contributed by atoms with E-state index in [2.05, 4.69) is 64.3 Å². The first-order valence-electron chi connectivity index (χ1n) is 9.35. The van der Waals surface area contributed by atoms with Gasteiger partial charge in [0.05, 0.1) is 5.69 Å². The third kappa shape index (κ3) is 2.74. The van der Waals surface area contributed by atoms with Crippen LogP contribution in [0.25, 0.3) is 28.1 Å². The fraction of sp³-hybridized carbons (Fsp3) is 0.125. The highest BCUT2D eigenvalue weighted by molar-refractivity contribution is 6.03. The maximum absolute atomic E-state index is 6.31. The highest BCUT2D eigenvalue weighted by Crippen LogP contribution is 2.41. The first-order chi connectivity index (χ1) is 13.8. The molecule has 28 heavy (non-hydrogen) atoms. The van der Waals surface area contributed by atoms with Gasteiger partial charge in [0.15, 0.2) is 0 Å². The second kappa shape index (κ2) is 6.89. The molecule has 2 aromatic carbocycles. The lowest BCUT2D eigenvalue weighted by Gasteiger charge is -2.22. The standard InChI is InChI=1S/C24H20N2O2/c1-27-25-18-14-22-24(23(15-18)28-16-17-8-3-2-4-9-17)20-11-6-5-10-19(20)21-12-7-13-26(21)22/h2-12,14-15H,13,16H2,1H3. The van der Waals surface area contributed by atoms with Crippen LogP contribution in [0.3, 0.4) is 0 Å². The fourth-order valence-corrected chi connectivity index (χ4v) is 3.92. The van der Waals surface area contributed by atoms with Gasteiger partial charge in [-0.1, -0.05) is 65.8 Å². The maximum Gasteiger partial charge on any atom is 0.132 e. The Morgan fingerprint density at radius 3 is 2.57 bits per heavy atom. The number of hydrogen-bond acceptors (Lipinski definition) is 3. The van der Waals surface area contributed by atoms with E-state index >= 15 is 0 Å². The molecule has 0 aromatic heterocycles. The van der Waals surface area contributed by atoms with Crippen LogP contribution in [0.15, 0.2) is 78.0 Å². The predicted molar refractivity (Wildman–Crippen MR) is 111 cm³/mol. The van der Waals surface area contributed by atoms with E-state index in [4.69, 9.17) is 9.57 Å². The van der Waals surface area contributed by atoms with Crippen LogP contribution in [0, 0.1) is 0 Å². The monoisotopic (exact) mass is 368 g/mol. The summed E-state index contributed by atoms with van der Waals surface area (Å²) in [7, 11) is 1.56. The molecule has 0 radical (unpaired) electrons. The number of hydrogen-bond donors (Lipinski definition) is 0. The van der Waals surface area contributed by atoms with Crippen LogP contribution < -0.4 is 10.1 Å².